The third kappa shape index (κ3) is 6.26. The number of ether oxygens (including phenoxy) is 1. The molecular weight excluding hydrogens is 420 g/mol. The van der Waals surface area contributed by atoms with Crippen molar-refractivity contribution in [3.63, 3.8) is 0 Å². The fraction of sp³-hybridized carbons (Fsp3) is 0.519. The quantitative estimate of drug-likeness (QED) is 0.496. The van der Waals surface area contributed by atoms with Gasteiger partial charge in [-0.15, -0.1) is 0 Å². The summed E-state index contributed by atoms with van der Waals surface area (Å²) in [7, 11) is 1.91. The average Bonchev–Trinajstić information content (AvgIpc) is 3.59. The predicted molar refractivity (Wildman–Crippen MR) is 130 cm³/mol. The van der Waals surface area contributed by atoms with Crippen LogP contribution in [0.15, 0.2) is 48.5 Å². The molecule has 1 aliphatic carbocycles. The van der Waals surface area contributed by atoms with Gasteiger partial charge in [-0.2, -0.15) is 0 Å². The number of hydrogen-bond acceptors (Lipinski definition) is 3. The van der Waals surface area contributed by atoms with Crippen LogP contribution in [-0.2, 0) is 11.3 Å². The summed E-state index contributed by atoms with van der Waals surface area (Å²) in [6.45, 7) is 6.41. The summed E-state index contributed by atoms with van der Waals surface area (Å²) in [4.78, 5) is 17.7. The largest absolute Gasteiger partial charge is 0.493 e. The van der Waals surface area contributed by atoms with Gasteiger partial charge in [0.05, 0.1) is 6.61 Å². The molecule has 1 aliphatic heterocycles. The second-order valence-electron chi connectivity index (χ2n) is 9.89. The maximum atomic E-state index is 13.3. The van der Waals surface area contributed by atoms with Crippen molar-refractivity contribution in [1.29, 1.82) is 0 Å². The molecule has 4 nitrogen and oxygen atoms in total. The van der Waals surface area contributed by atoms with E-state index >= 15 is 0 Å². The van der Waals surface area contributed by atoms with Crippen LogP contribution in [0.1, 0.15) is 43.2 Å². The summed E-state index contributed by atoms with van der Waals surface area (Å²) < 4.78 is 6.30. The molecule has 0 radical (unpaired) electrons. The van der Waals surface area contributed by atoms with E-state index in [0.29, 0.717) is 19.6 Å². The Morgan fingerprint density at radius 3 is 2.72 bits per heavy atom. The molecule has 0 N–H and O–H groups in total. The summed E-state index contributed by atoms with van der Waals surface area (Å²) in [6.07, 6.45) is 5.35. The molecule has 2 aromatic carbocycles. The van der Waals surface area contributed by atoms with Gasteiger partial charge >= 0.3 is 0 Å². The van der Waals surface area contributed by atoms with Gasteiger partial charge in [-0.25, -0.2) is 0 Å². The smallest absolute Gasteiger partial charge is 0.223 e. The van der Waals surface area contributed by atoms with Crippen LogP contribution in [0.2, 0.25) is 5.02 Å². The minimum Gasteiger partial charge on any atom is -0.493 e. The van der Waals surface area contributed by atoms with Crippen LogP contribution in [0.3, 0.4) is 0 Å². The molecule has 1 heterocycles. The highest BCUT2D eigenvalue weighted by Gasteiger charge is 2.40. The number of carbonyl (C=O) groups excluding carboxylic acids is 1. The predicted octanol–water partition coefficient (Wildman–Crippen LogP) is 5.57. The molecule has 1 saturated carbocycles. The zero-order valence-corrected chi connectivity index (χ0v) is 20.1. The van der Waals surface area contributed by atoms with Crippen molar-refractivity contribution < 1.29 is 9.53 Å². The third-order valence-electron chi connectivity index (χ3n) is 6.84. The van der Waals surface area contributed by atoms with Gasteiger partial charge in [0.15, 0.2) is 0 Å². The molecule has 32 heavy (non-hydrogen) atoms. The Bertz CT molecular complexity index is 915. The number of likely N-dealkylation sites (tertiary alicyclic amines) is 1. The van der Waals surface area contributed by atoms with Gasteiger partial charge in [0.1, 0.15) is 5.75 Å². The molecule has 172 valence electrons. The molecule has 1 amide bonds. The molecule has 1 unspecified atom stereocenters. The minimum atomic E-state index is -0.164. The molecule has 2 fully saturated rings. The second kappa shape index (κ2) is 10.3. The first-order valence-corrected chi connectivity index (χ1v) is 12.2. The van der Waals surface area contributed by atoms with E-state index in [9.17, 15) is 4.79 Å². The number of piperidine rings is 1. The fourth-order valence-corrected chi connectivity index (χ4v) is 4.91. The normalized spacial score (nSPS) is 21.3. The van der Waals surface area contributed by atoms with Crippen LogP contribution in [0.4, 0.5) is 0 Å². The Balaban J connectivity index is 1.45. The van der Waals surface area contributed by atoms with Gasteiger partial charge in [0.25, 0.3) is 0 Å². The first-order chi connectivity index (χ1) is 15.4. The van der Waals surface area contributed by atoms with Crippen molar-refractivity contribution in [3.8, 4) is 5.75 Å². The van der Waals surface area contributed by atoms with Crippen LogP contribution >= 0.6 is 11.6 Å². The molecule has 0 spiro atoms. The monoisotopic (exact) mass is 454 g/mol. The van der Waals surface area contributed by atoms with Crippen molar-refractivity contribution >= 4 is 17.5 Å². The highest BCUT2D eigenvalue weighted by atomic mass is 35.5. The van der Waals surface area contributed by atoms with E-state index in [1.54, 1.807) is 0 Å². The number of rotatable bonds is 9. The maximum Gasteiger partial charge on any atom is 0.223 e. The highest BCUT2D eigenvalue weighted by molar-refractivity contribution is 6.31. The maximum absolute atomic E-state index is 13.3. The highest BCUT2D eigenvalue weighted by Crippen LogP contribution is 2.38. The van der Waals surface area contributed by atoms with E-state index in [0.717, 1.165) is 60.3 Å². The standard InChI is InChI=1S/C27H35ClN2O2/c1-21-15-24(11-12-25(21)28)32-20-27(13-6-14-30(19-27)18-23-9-10-23)16-26(31)29(2)17-22-7-4-3-5-8-22/h3-5,7-8,11-12,15,23H,6,9-10,13-14,16-20H2,1-2H3. The number of carbonyl (C=O) groups is 1. The lowest BCUT2D eigenvalue weighted by atomic mass is 9.77. The molecule has 0 bridgehead atoms. The first-order valence-electron chi connectivity index (χ1n) is 11.8. The summed E-state index contributed by atoms with van der Waals surface area (Å²) >= 11 is 6.19. The molecular formula is C27H35ClN2O2. The molecule has 4 rings (SSSR count). The van der Waals surface area contributed by atoms with Crippen LogP contribution in [0.5, 0.6) is 5.75 Å². The van der Waals surface area contributed by atoms with E-state index in [1.165, 1.54) is 12.8 Å². The zero-order valence-electron chi connectivity index (χ0n) is 19.4. The lowest BCUT2D eigenvalue weighted by Gasteiger charge is -2.43. The summed E-state index contributed by atoms with van der Waals surface area (Å²) in [5.74, 6) is 1.87. The topological polar surface area (TPSA) is 32.8 Å². The minimum absolute atomic E-state index is 0.164. The lowest BCUT2D eigenvalue weighted by molar-refractivity contribution is -0.135. The Kier molecular flexibility index (Phi) is 7.42. The first kappa shape index (κ1) is 23.1. The van der Waals surface area contributed by atoms with Crippen LogP contribution in [-0.4, -0.2) is 49.0 Å². The van der Waals surface area contributed by atoms with Crippen LogP contribution in [0.25, 0.3) is 0 Å². The SMILES string of the molecule is Cc1cc(OCC2(CC(=O)N(C)Cc3ccccc3)CCCN(CC3CC3)C2)ccc1Cl. The van der Waals surface area contributed by atoms with Crippen molar-refractivity contribution in [3.05, 3.63) is 64.7 Å². The number of benzene rings is 2. The van der Waals surface area contributed by atoms with Gasteiger partial charge in [0, 0.05) is 43.5 Å². The molecule has 2 aromatic rings. The molecule has 1 saturated heterocycles. The van der Waals surface area contributed by atoms with E-state index < -0.39 is 0 Å². The third-order valence-corrected chi connectivity index (χ3v) is 7.27. The average molecular weight is 455 g/mol. The second-order valence-corrected chi connectivity index (χ2v) is 10.3. The number of hydrogen-bond donors (Lipinski definition) is 0. The van der Waals surface area contributed by atoms with Crippen molar-refractivity contribution in [2.75, 3.05) is 33.3 Å². The van der Waals surface area contributed by atoms with Gasteiger partial charge in [-0.1, -0.05) is 41.9 Å². The van der Waals surface area contributed by atoms with Crippen LogP contribution < -0.4 is 4.74 Å². The van der Waals surface area contributed by atoms with Crippen molar-refractivity contribution in [1.82, 2.24) is 9.80 Å². The van der Waals surface area contributed by atoms with E-state index in [1.807, 2.05) is 55.3 Å². The van der Waals surface area contributed by atoms with Crippen molar-refractivity contribution in [2.45, 2.75) is 45.6 Å². The number of nitrogens with zero attached hydrogens (tertiary/aromatic N) is 2. The number of halogens is 1. The van der Waals surface area contributed by atoms with Gasteiger partial charge in [-0.3, -0.25) is 4.79 Å². The van der Waals surface area contributed by atoms with Gasteiger partial charge < -0.3 is 14.5 Å². The Labute approximate surface area is 197 Å². The molecule has 1 atom stereocenters. The summed E-state index contributed by atoms with van der Waals surface area (Å²) in [5.41, 5.74) is 2.00. The fourth-order valence-electron chi connectivity index (χ4n) is 4.79. The van der Waals surface area contributed by atoms with Gasteiger partial charge in [-0.05, 0) is 74.4 Å². The number of amides is 1. The number of aryl methyl sites for hydroxylation is 1. The van der Waals surface area contributed by atoms with E-state index in [-0.39, 0.29) is 11.3 Å². The molecule has 0 aromatic heterocycles. The summed E-state index contributed by atoms with van der Waals surface area (Å²) in [6, 6.07) is 16.0. The van der Waals surface area contributed by atoms with Crippen molar-refractivity contribution in [2.24, 2.45) is 11.3 Å². The van der Waals surface area contributed by atoms with E-state index in [4.69, 9.17) is 16.3 Å². The van der Waals surface area contributed by atoms with Gasteiger partial charge in [0.2, 0.25) is 5.91 Å². The van der Waals surface area contributed by atoms with Crippen LogP contribution in [0, 0.1) is 18.3 Å². The lowest BCUT2D eigenvalue weighted by Crippen LogP contribution is -2.49. The molecule has 5 heteroatoms. The summed E-state index contributed by atoms with van der Waals surface area (Å²) in [5, 5.41) is 0.748. The molecule has 2 aliphatic rings. The Morgan fingerprint density at radius 1 is 1.22 bits per heavy atom. The Morgan fingerprint density at radius 2 is 2.00 bits per heavy atom. The Hall–Kier alpha value is -2.04. The zero-order chi connectivity index (χ0) is 22.6. The van der Waals surface area contributed by atoms with E-state index in [2.05, 4.69) is 17.0 Å².